The van der Waals surface area contributed by atoms with Gasteiger partial charge in [-0.2, -0.15) is 4.80 Å². The third kappa shape index (κ3) is 3.17. The summed E-state index contributed by atoms with van der Waals surface area (Å²) in [6.45, 7) is 1.62. The second-order valence-corrected chi connectivity index (χ2v) is 6.31. The maximum atomic E-state index is 12.3. The molecule has 4 rings (SSSR count). The fourth-order valence-corrected chi connectivity index (χ4v) is 3.24. The zero-order valence-corrected chi connectivity index (χ0v) is 13.8. The van der Waals surface area contributed by atoms with Gasteiger partial charge < -0.3 is 4.74 Å². The van der Waals surface area contributed by atoms with Crippen molar-refractivity contribution in [3.05, 3.63) is 41.2 Å². The molecule has 0 spiro atoms. The van der Waals surface area contributed by atoms with Crippen molar-refractivity contribution in [3.63, 3.8) is 0 Å². The van der Waals surface area contributed by atoms with Crippen LogP contribution >= 0.6 is 0 Å². The average Bonchev–Trinajstić information content (AvgIpc) is 3.18. The first kappa shape index (κ1) is 15.9. The first-order chi connectivity index (χ1) is 12.2. The molecule has 1 aromatic heterocycles. The van der Waals surface area contributed by atoms with Crippen molar-refractivity contribution in [1.82, 2.24) is 25.1 Å². The smallest absolute Gasteiger partial charge is 0.261 e. The zero-order chi connectivity index (χ0) is 17.2. The number of aromatic nitrogens is 4. The molecule has 8 nitrogen and oxygen atoms in total. The first-order valence-electron chi connectivity index (χ1n) is 8.56. The molecule has 2 amide bonds. The molecule has 0 N–H and O–H groups in total. The molecule has 0 bridgehead atoms. The second kappa shape index (κ2) is 6.72. The van der Waals surface area contributed by atoms with E-state index in [2.05, 4.69) is 15.4 Å². The van der Waals surface area contributed by atoms with Gasteiger partial charge in [-0.3, -0.25) is 14.5 Å². The SMILES string of the molecule is O=C1c2ccccc2C(=O)N1CCc1nnn(C[C@H]2CCCCO2)n1. The van der Waals surface area contributed by atoms with Crippen LogP contribution in [0.3, 0.4) is 0 Å². The molecule has 8 heteroatoms. The van der Waals surface area contributed by atoms with Gasteiger partial charge in [0, 0.05) is 19.6 Å². The molecule has 1 atom stereocenters. The Bertz CT molecular complexity index is 762. The summed E-state index contributed by atoms with van der Waals surface area (Å²) in [6.07, 6.45) is 3.79. The van der Waals surface area contributed by atoms with Gasteiger partial charge in [-0.1, -0.05) is 12.1 Å². The van der Waals surface area contributed by atoms with Crippen LogP contribution < -0.4 is 0 Å². The van der Waals surface area contributed by atoms with E-state index in [1.807, 2.05) is 0 Å². The highest BCUT2D eigenvalue weighted by atomic mass is 16.5. The van der Waals surface area contributed by atoms with Gasteiger partial charge in [0.25, 0.3) is 11.8 Å². The van der Waals surface area contributed by atoms with E-state index in [0.29, 0.717) is 29.9 Å². The van der Waals surface area contributed by atoms with Crippen molar-refractivity contribution < 1.29 is 14.3 Å². The Morgan fingerprint density at radius 1 is 1.12 bits per heavy atom. The highest BCUT2D eigenvalue weighted by Gasteiger charge is 2.34. The number of carbonyl (C=O) groups excluding carboxylic acids is 2. The third-order valence-electron chi connectivity index (χ3n) is 4.57. The van der Waals surface area contributed by atoms with Gasteiger partial charge in [-0.25, -0.2) is 0 Å². The fraction of sp³-hybridized carbons (Fsp3) is 0.471. The molecule has 0 aliphatic carbocycles. The van der Waals surface area contributed by atoms with Gasteiger partial charge >= 0.3 is 0 Å². The zero-order valence-electron chi connectivity index (χ0n) is 13.8. The molecule has 130 valence electrons. The summed E-state index contributed by atoms with van der Waals surface area (Å²) in [5.41, 5.74) is 0.914. The fourth-order valence-electron chi connectivity index (χ4n) is 3.24. The van der Waals surface area contributed by atoms with E-state index < -0.39 is 0 Å². The van der Waals surface area contributed by atoms with E-state index in [-0.39, 0.29) is 24.5 Å². The molecule has 0 unspecified atom stereocenters. The quantitative estimate of drug-likeness (QED) is 0.756. The van der Waals surface area contributed by atoms with Crippen molar-refractivity contribution in [2.45, 2.75) is 38.3 Å². The minimum absolute atomic E-state index is 0.132. The average molecular weight is 341 g/mol. The molecule has 2 aliphatic heterocycles. The molecule has 2 aromatic rings. The largest absolute Gasteiger partial charge is 0.376 e. The predicted molar refractivity (Wildman–Crippen MR) is 86.9 cm³/mol. The number of carbonyl (C=O) groups is 2. The number of fused-ring (bicyclic) bond motifs is 1. The number of rotatable bonds is 5. The van der Waals surface area contributed by atoms with E-state index in [1.165, 1.54) is 9.70 Å². The Morgan fingerprint density at radius 3 is 2.56 bits per heavy atom. The van der Waals surface area contributed by atoms with Gasteiger partial charge in [-0.05, 0) is 36.6 Å². The van der Waals surface area contributed by atoms with Crippen LogP contribution in [0.25, 0.3) is 0 Å². The van der Waals surface area contributed by atoms with E-state index >= 15 is 0 Å². The van der Waals surface area contributed by atoms with Crippen LogP contribution in [0.4, 0.5) is 0 Å². The van der Waals surface area contributed by atoms with E-state index in [9.17, 15) is 9.59 Å². The second-order valence-electron chi connectivity index (χ2n) is 6.31. The molecule has 1 fully saturated rings. The summed E-state index contributed by atoms with van der Waals surface area (Å²) in [6, 6.07) is 6.87. The van der Waals surface area contributed by atoms with Crippen LogP contribution in [-0.2, 0) is 17.7 Å². The topological polar surface area (TPSA) is 90.2 Å². The highest BCUT2D eigenvalue weighted by Crippen LogP contribution is 2.22. The van der Waals surface area contributed by atoms with Gasteiger partial charge in [0.2, 0.25) is 0 Å². The van der Waals surface area contributed by atoms with Crippen LogP contribution in [0.1, 0.15) is 45.8 Å². The minimum atomic E-state index is -0.261. The molecule has 1 saturated heterocycles. The Morgan fingerprint density at radius 2 is 1.88 bits per heavy atom. The lowest BCUT2D eigenvalue weighted by Crippen LogP contribution is -2.32. The highest BCUT2D eigenvalue weighted by molar-refractivity contribution is 6.21. The number of hydrogen-bond acceptors (Lipinski definition) is 6. The number of tetrazole rings is 1. The van der Waals surface area contributed by atoms with E-state index in [0.717, 1.165) is 25.9 Å². The molecule has 25 heavy (non-hydrogen) atoms. The maximum absolute atomic E-state index is 12.3. The lowest BCUT2D eigenvalue weighted by molar-refractivity contribution is 0.00127. The van der Waals surface area contributed by atoms with Crippen LogP contribution in [0.2, 0.25) is 0 Å². The van der Waals surface area contributed by atoms with Gasteiger partial charge in [0.1, 0.15) is 0 Å². The monoisotopic (exact) mass is 341 g/mol. The summed E-state index contributed by atoms with van der Waals surface area (Å²) in [4.78, 5) is 27.4. The number of hydrogen-bond donors (Lipinski definition) is 0. The standard InChI is InChI=1S/C17H19N5O3/c23-16-13-6-1-2-7-14(13)17(24)21(16)9-8-15-18-20-22(19-15)11-12-5-3-4-10-25-12/h1-2,6-7,12H,3-5,8-11H2/t12-/m1/s1. The van der Waals surface area contributed by atoms with Crippen LogP contribution in [-0.4, -0.2) is 56.2 Å². The summed E-state index contributed by atoms with van der Waals surface area (Å²) in [7, 11) is 0. The van der Waals surface area contributed by atoms with Crippen molar-refractivity contribution in [2.75, 3.05) is 13.2 Å². The van der Waals surface area contributed by atoms with Crippen LogP contribution in [0.5, 0.6) is 0 Å². The Balaban J connectivity index is 1.36. The van der Waals surface area contributed by atoms with Crippen molar-refractivity contribution in [3.8, 4) is 0 Å². The molecular weight excluding hydrogens is 322 g/mol. The van der Waals surface area contributed by atoms with Crippen molar-refractivity contribution >= 4 is 11.8 Å². The summed E-state index contributed by atoms with van der Waals surface area (Å²) in [5, 5.41) is 12.4. The lowest BCUT2D eigenvalue weighted by Gasteiger charge is -2.21. The number of nitrogens with zero attached hydrogens (tertiary/aromatic N) is 5. The molecule has 1 aromatic carbocycles. The van der Waals surface area contributed by atoms with E-state index in [4.69, 9.17) is 4.74 Å². The number of benzene rings is 1. The van der Waals surface area contributed by atoms with Crippen LogP contribution in [0.15, 0.2) is 24.3 Å². The van der Waals surface area contributed by atoms with Gasteiger partial charge in [0.05, 0.1) is 23.8 Å². The third-order valence-corrected chi connectivity index (χ3v) is 4.57. The number of ether oxygens (including phenoxy) is 1. The normalized spacial score (nSPS) is 20.2. The minimum Gasteiger partial charge on any atom is -0.376 e. The maximum Gasteiger partial charge on any atom is 0.261 e. The van der Waals surface area contributed by atoms with Crippen LogP contribution in [0, 0.1) is 0 Å². The predicted octanol–water partition coefficient (Wildman–Crippen LogP) is 1.08. The van der Waals surface area contributed by atoms with Gasteiger partial charge in [-0.15, -0.1) is 10.2 Å². The molecule has 0 saturated carbocycles. The molecule has 2 aliphatic rings. The number of imide groups is 1. The van der Waals surface area contributed by atoms with Gasteiger partial charge in [0.15, 0.2) is 5.82 Å². The molecule has 0 radical (unpaired) electrons. The Labute approximate surface area is 144 Å². The lowest BCUT2D eigenvalue weighted by atomic mass is 10.1. The summed E-state index contributed by atoms with van der Waals surface area (Å²) >= 11 is 0. The van der Waals surface area contributed by atoms with Crippen molar-refractivity contribution in [1.29, 1.82) is 0 Å². The van der Waals surface area contributed by atoms with E-state index in [1.54, 1.807) is 24.3 Å². The first-order valence-corrected chi connectivity index (χ1v) is 8.56. The molecular formula is C17H19N5O3. The number of amides is 2. The molecule has 3 heterocycles. The Kier molecular flexibility index (Phi) is 4.27. The summed E-state index contributed by atoms with van der Waals surface area (Å²) < 4.78 is 5.67. The Hall–Kier alpha value is -2.61. The van der Waals surface area contributed by atoms with Crippen molar-refractivity contribution in [2.24, 2.45) is 0 Å². The summed E-state index contributed by atoms with van der Waals surface area (Å²) in [5.74, 6) is -0.000407.